The molecule has 6 heteroatoms. The van der Waals surface area contributed by atoms with E-state index in [2.05, 4.69) is 4.98 Å². The lowest BCUT2D eigenvalue weighted by atomic mass is 10.4. The maximum absolute atomic E-state index is 11.4. The predicted molar refractivity (Wildman–Crippen MR) is 61.9 cm³/mol. The van der Waals surface area contributed by atoms with Gasteiger partial charge < -0.3 is 18.8 Å². The maximum atomic E-state index is 11.4. The number of aliphatic hydroxyl groups excluding tert-OH is 1. The van der Waals surface area contributed by atoms with Crippen molar-refractivity contribution < 1.29 is 19.1 Å². The molecule has 1 N–H and O–H groups in total. The molecule has 0 radical (unpaired) electrons. The van der Waals surface area contributed by atoms with Gasteiger partial charge in [-0.3, -0.25) is 0 Å². The SMILES string of the molecule is CCOC(=O)c1ccc(Cn2cncc2CO)o1. The van der Waals surface area contributed by atoms with Crippen LogP contribution in [0.15, 0.2) is 29.1 Å². The summed E-state index contributed by atoms with van der Waals surface area (Å²) in [6, 6.07) is 3.27. The molecule has 0 saturated carbocycles. The van der Waals surface area contributed by atoms with Crippen molar-refractivity contribution in [2.45, 2.75) is 20.1 Å². The number of imidazole rings is 1. The van der Waals surface area contributed by atoms with Crippen molar-refractivity contribution in [3.63, 3.8) is 0 Å². The molecule has 0 unspecified atom stereocenters. The largest absolute Gasteiger partial charge is 0.460 e. The molecule has 96 valence electrons. The molecule has 0 aliphatic heterocycles. The summed E-state index contributed by atoms with van der Waals surface area (Å²) in [5.74, 6) is 0.306. The van der Waals surface area contributed by atoms with Crippen LogP contribution in [0.25, 0.3) is 0 Å². The van der Waals surface area contributed by atoms with Crippen molar-refractivity contribution in [3.8, 4) is 0 Å². The van der Waals surface area contributed by atoms with Gasteiger partial charge in [0.2, 0.25) is 5.76 Å². The fourth-order valence-corrected chi connectivity index (χ4v) is 1.56. The fourth-order valence-electron chi connectivity index (χ4n) is 1.56. The highest BCUT2D eigenvalue weighted by Crippen LogP contribution is 2.12. The summed E-state index contributed by atoms with van der Waals surface area (Å²) in [6.07, 6.45) is 3.17. The normalized spacial score (nSPS) is 10.6. The first-order valence-electron chi connectivity index (χ1n) is 5.60. The van der Waals surface area contributed by atoms with Crippen LogP contribution in [0.1, 0.15) is 28.9 Å². The van der Waals surface area contributed by atoms with Crippen LogP contribution in [0.3, 0.4) is 0 Å². The number of aromatic nitrogens is 2. The number of carbonyl (C=O) groups excluding carboxylic acids is 1. The molecule has 2 rings (SSSR count). The van der Waals surface area contributed by atoms with Gasteiger partial charge in [-0.2, -0.15) is 0 Å². The zero-order valence-corrected chi connectivity index (χ0v) is 10.00. The first-order valence-corrected chi connectivity index (χ1v) is 5.60. The summed E-state index contributed by atoms with van der Waals surface area (Å²) in [6.45, 7) is 2.37. The Labute approximate surface area is 104 Å². The van der Waals surface area contributed by atoms with E-state index in [1.165, 1.54) is 0 Å². The molecule has 6 nitrogen and oxygen atoms in total. The standard InChI is InChI=1S/C12H14N2O4/c1-2-17-12(16)11-4-3-10(18-11)6-14-8-13-5-9(14)7-15/h3-5,8,15H,2,6-7H2,1H3. The van der Waals surface area contributed by atoms with Crippen LogP contribution in [0.4, 0.5) is 0 Å². The molecule has 0 atom stereocenters. The lowest BCUT2D eigenvalue weighted by Gasteiger charge is -2.03. The number of nitrogens with zero attached hydrogens (tertiary/aromatic N) is 2. The number of hydrogen-bond donors (Lipinski definition) is 1. The van der Waals surface area contributed by atoms with Gasteiger partial charge in [-0.1, -0.05) is 0 Å². The molecule has 0 aliphatic rings. The van der Waals surface area contributed by atoms with Crippen LogP contribution >= 0.6 is 0 Å². The Hall–Kier alpha value is -2.08. The van der Waals surface area contributed by atoms with E-state index in [1.54, 1.807) is 36.1 Å². The number of hydrogen-bond acceptors (Lipinski definition) is 5. The quantitative estimate of drug-likeness (QED) is 0.806. The second-order valence-electron chi connectivity index (χ2n) is 3.66. The Morgan fingerprint density at radius 1 is 1.56 bits per heavy atom. The van der Waals surface area contributed by atoms with Crippen LogP contribution < -0.4 is 0 Å². The van der Waals surface area contributed by atoms with E-state index >= 15 is 0 Å². The van der Waals surface area contributed by atoms with Crippen molar-refractivity contribution in [2.75, 3.05) is 6.61 Å². The first kappa shape index (κ1) is 12.4. The molecule has 2 aromatic rings. The number of ether oxygens (including phenoxy) is 1. The molecule has 0 amide bonds. The number of rotatable bonds is 5. The summed E-state index contributed by atoms with van der Waals surface area (Å²) < 4.78 is 11.9. The van der Waals surface area contributed by atoms with Gasteiger partial charge in [0.05, 0.1) is 38.0 Å². The van der Waals surface area contributed by atoms with E-state index in [9.17, 15) is 4.79 Å². The summed E-state index contributed by atoms with van der Waals surface area (Å²) in [7, 11) is 0. The van der Waals surface area contributed by atoms with Crippen LogP contribution in [0.2, 0.25) is 0 Å². The van der Waals surface area contributed by atoms with Gasteiger partial charge in [-0.05, 0) is 19.1 Å². The Bertz CT molecular complexity index is 530. The zero-order chi connectivity index (χ0) is 13.0. The Kier molecular flexibility index (Phi) is 3.78. The highest BCUT2D eigenvalue weighted by Gasteiger charge is 2.12. The highest BCUT2D eigenvalue weighted by molar-refractivity contribution is 5.86. The molecular formula is C12H14N2O4. The summed E-state index contributed by atoms with van der Waals surface area (Å²) in [5.41, 5.74) is 0.684. The topological polar surface area (TPSA) is 77.5 Å². The second-order valence-corrected chi connectivity index (χ2v) is 3.66. The smallest absolute Gasteiger partial charge is 0.374 e. The lowest BCUT2D eigenvalue weighted by Crippen LogP contribution is -2.04. The minimum absolute atomic E-state index is 0.0918. The average molecular weight is 250 g/mol. The van der Waals surface area contributed by atoms with Crippen LogP contribution in [-0.2, 0) is 17.9 Å². The van der Waals surface area contributed by atoms with Crippen molar-refractivity contribution >= 4 is 5.97 Å². The minimum atomic E-state index is -0.475. The molecular weight excluding hydrogens is 236 g/mol. The van der Waals surface area contributed by atoms with Gasteiger partial charge in [0.15, 0.2) is 0 Å². The van der Waals surface area contributed by atoms with Gasteiger partial charge in [-0.15, -0.1) is 0 Å². The van der Waals surface area contributed by atoms with Crippen LogP contribution in [-0.4, -0.2) is 27.2 Å². The molecule has 0 saturated heterocycles. The Morgan fingerprint density at radius 3 is 3.11 bits per heavy atom. The molecule has 2 heterocycles. The number of esters is 1. The fraction of sp³-hybridized carbons (Fsp3) is 0.333. The summed E-state index contributed by atoms with van der Waals surface area (Å²) >= 11 is 0. The third kappa shape index (κ3) is 2.60. The molecule has 2 aromatic heterocycles. The number of carbonyl (C=O) groups is 1. The highest BCUT2D eigenvalue weighted by atomic mass is 16.5. The lowest BCUT2D eigenvalue weighted by molar-refractivity contribution is 0.0488. The average Bonchev–Trinajstić information content (AvgIpc) is 2.99. The zero-order valence-electron chi connectivity index (χ0n) is 10.00. The molecule has 0 aliphatic carbocycles. The monoisotopic (exact) mass is 250 g/mol. The van der Waals surface area contributed by atoms with Gasteiger partial charge in [0.1, 0.15) is 5.76 Å². The molecule has 0 bridgehead atoms. The molecule has 18 heavy (non-hydrogen) atoms. The van der Waals surface area contributed by atoms with Gasteiger partial charge in [-0.25, -0.2) is 9.78 Å². The van der Waals surface area contributed by atoms with Gasteiger partial charge >= 0.3 is 5.97 Å². The van der Waals surface area contributed by atoms with Crippen LogP contribution in [0.5, 0.6) is 0 Å². The van der Waals surface area contributed by atoms with E-state index in [1.807, 2.05) is 0 Å². The molecule has 0 fully saturated rings. The Morgan fingerprint density at radius 2 is 2.39 bits per heavy atom. The van der Waals surface area contributed by atoms with E-state index in [4.69, 9.17) is 14.3 Å². The number of furan rings is 1. The van der Waals surface area contributed by atoms with Crippen molar-refractivity contribution in [1.82, 2.24) is 9.55 Å². The first-order chi connectivity index (χ1) is 8.74. The van der Waals surface area contributed by atoms with Gasteiger partial charge in [0, 0.05) is 0 Å². The van der Waals surface area contributed by atoms with Crippen LogP contribution in [0, 0.1) is 0 Å². The molecule has 0 spiro atoms. The summed E-state index contributed by atoms with van der Waals surface area (Å²) in [5, 5.41) is 9.08. The third-order valence-electron chi connectivity index (χ3n) is 2.42. The maximum Gasteiger partial charge on any atom is 0.374 e. The number of aliphatic hydroxyl groups is 1. The van der Waals surface area contributed by atoms with Crippen molar-refractivity contribution in [3.05, 3.63) is 41.9 Å². The van der Waals surface area contributed by atoms with E-state index < -0.39 is 5.97 Å². The van der Waals surface area contributed by atoms with E-state index in [-0.39, 0.29) is 12.4 Å². The third-order valence-corrected chi connectivity index (χ3v) is 2.42. The Balaban J connectivity index is 2.09. The van der Waals surface area contributed by atoms with Crippen molar-refractivity contribution in [1.29, 1.82) is 0 Å². The van der Waals surface area contributed by atoms with E-state index in [0.717, 1.165) is 0 Å². The van der Waals surface area contributed by atoms with E-state index in [0.29, 0.717) is 24.6 Å². The minimum Gasteiger partial charge on any atom is -0.460 e. The second kappa shape index (κ2) is 5.50. The summed E-state index contributed by atoms with van der Waals surface area (Å²) in [4.78, 5) is 15.3. The molecule has 0 aromatic carbocycles. The predicted octanol–water partition coefficient (Wildman–Crippen LogP) is 1.19. The van der Waals surface area contributed by atoms with Crippen molar-refractivity contribution in [2.24, 2.45) is 0 Å². The van der Waals surface area contributed by atoms with Gasteiger partial charge in [0.25, 0.3) is 0 Å².